The summed E-state index contributed by atoms with van der Waals surface area (Å²) < 4.78 is 2.61. The van der Waals surface area contributed by atoms with E-state index in [9.17, 15) is 0 Å². The molecule has 0 atom stereocenters. The predicted octanol–water partition coefficient (Wildman–Crippen LogP) is 19.1. The Bertz CT molecular complexity index is 3730. The molecule has 1 aliphatic carbocycles. The zero-order chi connectivity index (χ0) is 47.0. The molecule has 10 aromatic carbocycles. The molecule has 0 bridgehead atoms. The molecule has 70 heavy (non-hydrogen) atoms. The summed E-state index contributed by atoms with van der Waals surface area (Å²) in [5.74, 6) is 0. The minimum Gasteiger partial charge on any atom is -0.310 e. The van der Waals surface area contributed by atoms with E-state index < -0.39 is 5.41 Å². The van der Waals surface area contributed by atoms with E-state index in [-0.39, 0.29) is 0 Å². The van der Waals surface area contributed by atoms with Gasteiger partial charge in [-0.05, 0) is 122 Å². The van der Waals surface area contributed by atoms with Gasteiger partial charge in [-0.25, -0.2) is 0 Å². The molecule has 12 rings (SSSR count). The maximum Gasteiger partial charge on any atom is 0.0674 e. The van der Waals surface area contributed by atoms with Gasteiger partial charge in [0.15, 0.2) is 0 Å². The van der Waals surface area contributed by atoms with Crippen LogP contribution in [-0.4, -0.2) is 0 Å². The highest BCUT2D eigenvalue weighted by atomic mass is 32.1. The van der Waals surface area contributed by atoms with E-state index >= 15 is 0 Å². The standard InChI is InChI=1S/C68H49NS/c1-3-4-31-55-47(2)68(51-27-13-7-14-28-51,52-29-15-8-16-30-52)62-46-54(44-45-59(55)62)69(53-42-40-50(41-43-53)58-36-22-39-65-67(58)61-34-19-20-38-64(61)70-65)63-37-21-35-57(49-25-11-6-12-26-49)66(63)60-33-18-17-32-56(60)48-23-9-5-10-24-48/h3-46H,1H2,2H3/b31-4-. The van der Waals surface area contributed by atoms with Gasteiger partial charge in [0.2, 0.25) is 0 Å². The molecule has 0 fully saturated rings. The average Bonchev–Trinajstić information content (AvgIpc) is 3.93. The Morgan fingerprint density at radius 1 is 0.443 bits per heavy atom. The highest BCUT2D eigenvalue weighted by molar-refractivity contribution is 7.25. The molecule has 2 heteroatoms. The number of anilines is 3. The first-order chi connectivity index (χ1) is 34.6. The molecular weight excluding hydrogens is 863 g/mol. The Morgan fingerprint density at radius 2 is 0.971 bits per heavy atom. The van der Waals surface area contributed by atoms with Gasteiger partial charge in [-0.3, -0.25) is 0 Å². The summed E-state index contributed by atoms with van der Waals surface area (Å²) in [4.78, 5) is 2.50. The minimum atomic E-state index is -0.569. The van der Waals surface area contributed by atoms with Crippen molar-refractivity contribution in [2.24, 2.45) is 0 Å². The molecule has 1 aliphatic rings. The van der Waals surface area contributed by atoms with E-state index in [0.717, 1.165) is 33.8 Å². The molecule has 0 amide bonds. The monoisotopic (exact) mass is 911 g/mol. The summed E-state index contributed by atoms with van der Waals surface area (Å²) in [6.45, 7) is 6.40. The molecule has 332 valence electrons. The van der Waals surface area contributed by atoms with Crippen molar-refractivity contribution in [2.75, 3.05) is 4.90 Å². The van der Waals surface area contributed by atoms with E-state index in [0.29, 0.717) is 0 Å². The van der Waals surface area contributed by atoms with Crippen LogP contribution in [0.5, 0.6) is 0 Å². The van der Waals surface area contributed by atoms with Gasteiger partial charge in [0.05, 0.1) is 11.1 Å². The largest absolute Gasteiger partial charge is 0.310 e. The Labute approximate surface area is 414 Å². The van der Waals surface area contributed by atoms with Gasteiger partial charge in [0.25, 0.3) is 0 Å². The first-order valence-electron chi connectivity index (χ1n) is 24.0. The van der Waals surface area contributed by atoms with Crippen LogP contribution in [0.3, 0.4) is 0 Å². The fourth-order valence-corrected chi connectivity index (χ4v) is 12.3. The second-order valence-corrected chi connectivity index (χ2v) is 19.1. The number of benzene rings is 10. The van der Waals surface area contributed by atoms with Gasteiger partial charge in [-0.1, -0.05) is 231 Å². The quantitative estimate of drug-likeness (QED) is 0.117. The van der Waals surface area contributed by atoms with Crippen molar-refractivity contribution in [3.05, 3.63) is 301 Å². The van der Waals surface area contributed by atoms with Crippen molar-refractivity contribution in [2.45, 2.75) is 12.3 Å². The van der Waals surface area contributed by atoms with Crippen LogP contribution < -0.4 is 4.90 Å². The molecule has 0 saturated carbocycles. The van der Waals surface area contributed by atoms with Crippen LogP contribution in [0.25, 0.3) is 70.3 Å². The lowest BCUT2D eigenvalue weighted by Gasteiger charge is -2.36. The number of hydrogen-bond acceptors (Lipinski definition) is 2. The molecule has 1 heterocycles. The van der Waals surface area contributed by atoms with Gasteiger partial charge in [0.1, 0.15) is 0 Å². The summed E-state index contributed by atoms with van der Waals surface area (Å²) in [5, 5.41) is 2.61. The van der Waals surface area contributed by atoms with Gasteiger partial charge in [-0.2, -0.15) is 0 Å². The fourth-order valence-electron chi connectivity index (χ4n) is 11.2. The van der Waals surface area contributed by atoms with Crippen LogP contribution in [0.2, 0.25) is 0 Å². The number of thiophene rings is 1. The molecule has 1 nitrogen and oxygen atoms in total. The van der Waals surface area contributed by atoms with Crippen LogP contribution in [-0.2, 0) is 5.41 Å². The van der Waals surface area contributed by atoms with Crippen molar-refractivity contribution in [3.8, 4) is 44.5 Å². The van der Waals surface area contributed by atoms with Crippen molar-refractivity contribution < 1.29 is 0 Å². The number of allylic oxidation sites excluding steroid dienone is 5. The number of rotatable bonds is 11. The van der Waals surface area contributed by atoms with Crippen LogP contribution in [0.1, 0.15) is 29.2 Å². The first-order valence-corrected chi connectivity index (χ1v) is 24.9. The van der Waals surface area contributed by atoms with E-state index in [4.69, 9.17) is 0 Å². The van der Waals surface area contributed by atoms with E-state index in [1.165, 1.54) is 81.4 Å². The lowest BCUT2D eigenvalue weighted by molar-refractivity contribution is 0.743. The van der Waals surface area contributed by atoms with E-state index in [2.05, 4.69) is 279 Å². The summed E-state index contributed by atoms with van der Waals surface area (Å²) in [6.07, 6.45) is 6.19. The maximum absolute atomic E-state index is 4.08. The van der Waals surface area contributed by atoms with Crippen LogP contribution in [0.4, 0.5) is 17.1 Å². The lowest BCUT2D eigenvalue weighted by Crippen LogP contribution is -2.29. The van der Waals surface area contributed by atoms with Crippen molar-refractivity contribution in [1.29, 1.82) is 0 Å². The summed E-state index contributed by atoms with van der Waals surface area (Å²) >= 11 is 1.86. The highest BCUT2D eigenvalue weighted by Crippen LogP contribution is 2.57. The van der Waals surface area contributed by atoms with Gasteiger partial charge in [-0.15, -0.1) is 11.3 Å². The average molecular weight is 912 g/mol. The zero-order valence-corrected chi connectivity index (χ0v) is 39.8. The van der Waals surface area contributed by atoms with Crippen LogP contribution in [0.15, 0.2) is 279 Å². The third-order valence-corrected chi connectivity index (χ3v) is 15.4. The molecule has 1 aromatic heterocycles. The fraction of sp³-hybridized carbons (Fsp3) is 0.0294. The molecule has 0 saturated heterocycles. The predicted molar refractivity (Wildman–Crippen MR) is 300 cm³/mol. The first kappa shape index (κ1) is 42.8. The SMILES string of the molecule is C=C/C=C\C1=C(C)C(c2ccccc2)(c2ccccc2)c2cc(N(c3ccc(-c4cccc5sc6ccccc6c45)cc3)c3cccc(-c4ccccc4)c3-c3ccccc3-c3ccccc3)ccc21. The third kappa shape index (κ3) is 7.15. The Kier molecular flexibility index (Phi) is 11.1. The van der Waals surface area contributed by atoms with Crippen LogP contribution in [0, 0.1) is 0 Å². The molecule has 0 N–H and O–H groups in total. The normalized spacial score (nSPS) is 13.0. The lowest BCUT2D eigenvalue weighted by atomic mass is 9.67. The van der Waals surface area contributed by atoms with Crippen molar-refractivity contribution in [1.82, 2.24) is 0 Å². The Morgan fingerprint density at radius 3 is 1.66 bits per heavy atom. The number of hydrogen-bond donors (Lipinski definition) is 0. The van der Waals surface area contributed by atoms with Crippen molar-refractivity contribution in [3.63, 3.8) is 0 Å². The highest BCUT2D eigenvalue weighted by Gasteiger charge is 2.45. The summed E-state index contributed by atoms with van der Waals surface area (Å²) in [5.41, 5.74) is 19.5. The smallest absolute Gasteiger partial charge is 0.0674 e. The molecule has 0 aliphatic heterocycles. The Balaban J connectivity index is 1.15. The molecule has 0 unspecified atom stereocenters. The molecular formula is C68H49NS. The van der Waals surface area contributed by atoms with Gasteiger partial charge >= 0.3 is 0 Å². The van der Waals surface area contributed by atoms with Crippen LogP contribution >= 0.6 is 11.3 Å². The topological polar surface area (TPSA) is 3.24 Å². The second-order valence-electron chi connectivity index (χ2n) is 18.0. The Hall–Kier alpha value is -8.56. The second kappa shape index (κ2) is 18.2. The van der Waals surface area contributed by atoms with Crippen molar-refractivity contribution >= 4 is 54.1 Å². The number of nitrogens with zero attached hydrogens (tertiary/aromatic N) is 1. The van der Waals surface area contributed by atoms with Gasteiger partial charge < -0.3 is 4.90 Å². The summed E-state index contributed by atoms with van der Waals surface area (Å²) in [7, 11) is 0. The summed E-state index contributed by atoms with van der Waals surface area (Å²) in [6, 6.07) is 91.4. The van der Waals surface area contributed by atoms with E-state index in [1.807, 2.05) is 17.4 Å². The molecule has 0 spiro atoms. The van der Waals surface area contributed by atoms with E-state index in [1.54, 1.807) is 0 Å². The molecule has 11 aromatic rings. The molecule has 0 radical (unpaired) electrons. The third-order valence-electron chi connectivity index (χ3n) is 14.2. The minimum absolute atomic E-state index is 0.569. The van der Waals surface area contributed by atoms with Gasteiger partial charge in [0, 0.05) is 37.1 Å². The maximum atomic E-state index is 4.08. The number of fused-ring (bicyclic) bond motifs is 4. The zero-order valence-electron chi connectivity index (χ0n) is 39.0.